The molecular formula is C22H16N6O5S. The molecule has 170 valence electrons. The first kappa shape index (κ1) is 20.3. The summed E-state index contributed by atoms with van der Waals surface area (Å²) in [5.41, 5.74) is 6.34. The van der Waals surface area contributed by atoms with Gasteiger partial charge < -0.3 is 4.90 Å². The van der Waals surface area contributed by atoms with Gasteiger partial charge in [-0.1, -0.05) is 12.1 Å². The van der Waals surface area contributed by atoms with E-state index >= 15 is 0 Å². The predicted molar refractivity (Wildman–Crippen MR) is 117 cm³/mol. The van der Waals surface area contributed by atoms with E-state index in [4.69, 9.17) is 0 Å². The number of hydrazine groups is 1. The quantitative estimate of drug-likeness (QED) is 0.426. The summed E-state index contributed by atoms with van der Waals surface area (Å²) >= 11 is 1.34. The van der Waals surface area contributed by atoms with Gasteiger partial charge in [0.05, 0.1) is 28.6 Å². The van der Waals surface area contributed by atoms with Crippen LogP contribution in [-0.4, -0.2) is 62.0 Å². The smallest absolute Gasteiger partial charge is 0.290 e. The molecule has 12 heteroatoms. The number of thiophene rings is 1. The molecule has 5 amide bonds. The molecule has 0 bridgehead atoms. The summed E-state index contributed by atoms with van der Waals surface area (Å²) in [6.07, 6.45) is 2.18. The van der Waals surface area contributed by atoms with Crippen molar-refractivity contribution in [1.82, 2.24) is 30.2 Å². The Morgan fingerprint density at radius 2 is 1.76 bits per heavy atom. The number of amides is 5. The molecule has 0 radical (unpaired) electrons. The zero-order valence-corrected chi connectivity index (χ0v) is 18.3. The van der Waals surface area contributed by atoms with Gasteiger partial charge in [0.15, 0.2) is 5.69 Å². The molecule has 3 aliphatic heterocycles. The van der Waals surface area contributed by atoms with Gasteiger partial charge in [0.1, 0.15) is 17.7 Å². The first-order valence-electron chi connectivity index (χ1n) is 10.5. The fourth-order valence-electron chi connectivity index (χ4n) is 4.49. The summed E-state index contributed by atoms with van der Waals surface area (Å²) in [6.45, 7) is 0.0428. The average molecular weight is 476 g/mol. The second kappa shape index (κ2) is 7.35. The monoisotopic (exact) mass is 476 g/mol. The van der Waals surface area contributed by atoms with E-state index in [1.165, 1.54) is 29.8 Å². The number of fused-ring (bicyclic) bond motifs is 6. The van der Waals surface area contributed by atoms with E-state index < -0.39 is 30.2 Å². The third-order valence-electron chi connectivity index (χ3n) is 6.21. The molecule has 0 spiro atoms. The predicted octanol–water partition coefficient (Wildman–Crippen LogP) is 0.892. The lowest BCUT2D eigenvalue weighted by Gasteiger charge is -2.39. The number of nitrogens with zero attached hydrogens (tertiary/aromatic N) is 4. The van der Waals surface area contributed by atoms with Crippen LogP contribution in [0, 0.1) is 0 Å². The summed E-state index contributed by atoms with van der Waals surface area (Å²) in [6, 6.07) is 7.83. The number of imidazole rings is 1. The van der Waals surface area contributed by atoms with E-state index in [0.717, 1.165) is 4.90 Å². The van der Waals surface area contributed by atoms with Crippen molar-refractivity contribution >= 4 is 40.9 Å². The van der Waals surface area contributed by atoms with Gasteiger partial charge in [-0.3, -0.25) is 44.3 Å². The Morgan fingerprint density at radius 3 is 2.44 bits per heavy atom. The lowest BCUT2D eigenvalue weighted by Crippen LogP contribution is -2.48. The van der Waals surface area contributed by atoms with E-state index in [1.807, 2.05) is 5.38 Å². The molecular weight excluding hydrogens is 460 g/mol. The van der Waals surface area contributed by atoms with Crippen LogP contribution in [0.15, 0.2) is 42.0 Å². The lowest BCUT2D eigenvalue weighted by atomic mass is 9.98. The molecule has 1 fully saturated rings. The van der Waals surface area contributed by atoms with E-state index in [2.05, 4.69) is 15.8 Å². The Morgan fingerprint density at radius 1 is 1.03 bits per heavy atom. The van der Waals surface area contributed by atoms with Crippen LogP contribution in [-0.2, 0) is 4.79 Å². The minimum absolute atomic E-state index is 0.0782. The Labute approximate surface area is 195 Å². The van der Waals surface area contributed by atoms with Crippen molar-refractivity contribution in [2.75, 3.05) is 13.1 Å². The number of carbonyl (C=O) groups excluding carboxylic acids is 5. The second-order valence-electron chi connectivity index (χ2n) is 8.03. The molecule has 2 aromatic heterocycles. The number of aromatic nitrogens is 2. The SMILES string of the molecule is O=C(CN1C(=O)c2ccccc2C1=O)NNC(=O)c1ncn2c1[C@@H]1CCN1C(=O)c1sccc1-2. The van der Waals surface area contributed by atoms with Gasteiger partial charge in [-0.2, -0.15) is 0 Å². The molecule has 2 N–H and O–H groups in total. The molecule has 0 unspecified atom stereocenters. The first-order valence-corrected chi connectivity index (χ1v) is 11.3. The van der Waals surface area contributed by atoms with Crippen molar-refractivity contribution in [2.45, 2.75) is 12.5 Å². The number of nitrogens with one attached hydrogen (secondary N) is 2. The highest BCUT2D eigenvalue weighted by atomic mass is 32.1. The van der Waals surface area contributed by atoms with Gasteiger partial charge in [0.2, 0.25) is 0 Å². The van der Waals surface area contributed by atoms with Gasteiger partial charge >= 0.3 is 0 Å². The summed E-state index contributed by atoms with van der Waals surface area (Å²) in [7, 11) is 0. The highest BCUT2D eigenvalue weighted by Crippen LogP contribution is 2.42. The number of hydrogen-bond donors (Lipinski definition) is 2. The van der Waals surface area contributed by atoms with Crippen LogP contribution < -0.4 is 10.9 Å². The van der Waals surface area contributed by atoms with Crippen LogP contribution >= 0.6 is 11.3 Å². The van der Waals surface area contributed by atoms with Gasteiger partial charge in [0.25, 0.3) is 29.5 Å². The van der Waals surface area contributed by atoms with Gasteiger partial charge in [0, 0.05) is 6.54 Å². The molecule has 34 heavy (non-hydrogen) atoms. The Balaban J connectivity index is 1.18. The fourth-order valence-corrected chi connectivity index (χ4v) is 5.33. The van der Waals surface area contributed by atoms with E-state index in [1.54, 1.807) is 27.7 Å². The van der Waals surface area contributed by atoms with Crippen LogP contribution in [0.5, 0.6) is 0 Å². The Kier molecular flexibility index (Phi) is 4.39. The van der Waals surface area contributed by atoms with Crippen molar-refractivity contribution < 1.29 is 24.0 Å². The maximum atomic E-state index is 12.9. The number of hydrogen-bond acceptors (Lipinski definition) is 7. The Bertz CT molecular complexity index is 1390. The summed E-state index contributed by atoms with van der Waals surface area (Å²) < 4.78 is 1.74. The third-order valence-corrected chi connectivity index (χ3v) is 7.10. The van der Waals surface area contributed by atoms with Crippen LogP contribution in [0.25, 0.3) is 5.69 Å². The van der Waals surface area contributed by atoms with Crippen molar-refractivity contribution in [2.24, 2.45) is 0 Å². The second-order valence-corrected chi connectivity index (χ2v) is 8.95. The molecule has 3 aliphatic rings. The molecule has 5 heterocycles. The molecule has 0 aliphatic carbocycles. The van der Waals surface area contributed by atoms with Gasteiger partial charge in [-0.15, -0.1) is 11.3 Å². The van der Waals surface area contributed by atoms with Crippen molar-refractivity contribution in [3.05, 3.63) is 69.4 Å². The van der Waals surface area contributed by atoms with Crippen LogP contribution in [0.1, 0.15) is 59.0 Å². The van der Waals surface area contributed by atoms with Crippen LogP contribution in [0.2, 0.25) is 0 Å². The number of carbonyl (C=O) groups is 5. The third kappa shape index (κ3) is 2.81. The van der Waals surface area contributed by atoms with Gasteiger partial charge in [-0.05, 0) is 30.0 Å². The normalized spacial score (nSPS) is 17.9. The maximum Gasteiger partial charge on any atom is 0.290 e. The molecule has 1 saturated heterocycles. The topological polar surface area (TPSA) is 134 Å². The molecule has 3 aromatic rings. The van der Waals surface area contributed by atoms with E-state index in [0.29, 0.717) is 29.2 Å². The van der Waals surface area contributed by atoms with Gasteiger partial charge in [-0.25, -0.2) is 4.98 Å². The maximum absolute atomic E-state index is 12.9. The highest BCUT2D eigenvalue weighted by Gasteiger charge is 2.43. The van der Waals surface area contributed by atoms with Crippen molar-refractivity contribution in [3.63, 3.8) is 0 Å². The fraction of sp³-hybridized carbons (Fsp3) is 0.182. The van der Waals surface area contributed by atoms with E-state index in [-0.39, 0.29) is 28.8 Å². The summed E-state index contributed by atoms with van der Waals surface area (Å²) in [4.78, 5) is 70.3. The molecule has 6 rings (SSSR count). The zero-order chi connectivity index (χ0) is 23.6. The number of benzene rings is 1. The van der Waals surface area contributed by atoms with E-state index in [9.17, 15) is 24.0 Å². The number of imide groups is 1. The number of rotatable bonds is 3. The lowest BCUT2D eigenvalue weighted by molar-refractivity contribution is -0.122. The highest BCUT2D eigenvalue weighted by molar-refractivity contribution is 7.12. The van der Waals surface area contributed by atoms with Crippen molar-refractivity contribution in [3.8, 4) is 5.69 Å². The van der Waals surface area contributed by atoms with Crippen LogP contribution in [0.3, 0.4) is 0 Å². The molecule has 11 nitrogen and oxygen atoms in total. The minimum atomic E-state index is -0.742. The standard InChI is InChI=1S/C22H16N6O5S/c29-15(9-27-20(31)11-3-1-2-4-12(11)21(27)32)24-25-19(30)16-17-13-5-7-26(13)22(33)18-14(6-8-34-18)28(17)10-23-16/h1-4,6,8,10,13H,5,7,9H2,(H,24,29)(H,25,30)/t13-/m0/s1. The van der Waals surface area contributed by atoms with Crippen molar-refractivity contribution in [1.29, 1.82) is 0 Å². The first-order chi connectivity index (χ1) is 16.5. The summed E-state index contributed by atoms with van der Waals surface area (Å²) in [5.74, 6) is -2.62. The molecule has 1 aromatic carbocycles. The zero-order valence-electron chi connectivity index (χ0n) is 17.5. The average Bonchev–Trinajstić information content (AvgIpc) is 3.50. The summed E-state index contributed by atoms with van der Waals surface area (Å²) in [5, 5.41) is 1.81. The minimum Gasteiger partial charge on any atom is -0.329 e. The largest absolute Gasteiger partial charge is 0.329 e. The van der Waals surface area contributed by atoms with Crippen LogP contribution in [0.4, 0.5) is 0 Å². The molecule has 0 saturated carbocycles. The Hall–Kier alpha value is -4.32. The molecule has 1 atom stereocenters.